The molecular formula is C23H26N6O6S. The number of carboxylic acid groups (broad SMARTS) is 1. The van der Waals surface area contributed by atoms with Crippen LogP contribution in [-0.2, 0) is 29.1 Å². The van der Waals surface area contributed by atoms with Crippen molar-refractivity contribution >= 4 is 29.2 Å². The minimum absolute atomic E-state index is 0.0300. The van der Waals surface area contributed by atoms with Crippen LogP contribution in [0.2, 0.25) is 0 Å². The summed E-state index contributed by atoms with van der Waals surface area (Å²) >= 11 is -1.52. The molecule has 1 aromatic carbocycles. The van der Waals surface area contributed by atoms with E-state index in [9.17, 15) is 24.5 Å². The molecule has 2 aliphatic heterocycles. The fourth-order valence-electron chi connectivity index (χ4n) is 4.11. The molecule has 36 heavy (non-hydrogen) atoms. The highest BCUT2D eigenvalue weighted by atomic mass is 32.2. The third-order valence-corrected chi connectivity index (χ3v) is 6.62. The number of nitriles is 1. The van der Waals surface area contributed by atoms with E-state index in [2.05, 4.69) is 16.0 Å². The summed E-state index contributed by atoms with van der Waals surface area (Å²) in [6.07, 6.45) is -0.104. The number of ether oxygens (including phenoxy) is 2. The van der Waals surface area contributed by atoms with Gasteiger partial charge in [-0.15, -0.1) is 0 Å². The van der Waals surface area contributed by atoms with Crippen LogP contribution < -0.4 is 9.64 Å². The maximum atomic E-state index is 12.8. The second-order valence-electron chi connectivity index (χ2n) is 8.31. The number of anilines is 1. The summed E-state index contributed by atoms with van der Waals surface area (Å²) < 4.78 is 23.6. The zero-order valence-electron chi connectivity index (χ0n) is 19.7. The second kappa shape index (κ2) is 11.3. The minimum Gasteiger partial charge on any atom is -0.609 e. The van der Waals surface area contributed by atoms with Crippen molar-refractivity contribution in [3.05, 3.63) is 41.6 Å². The van der Waals surface area contributed by atoms with Gasteiger partial charge < -0.3 is 28.9 Å². The molecule has 1 saturated heterocycles. The number of benzene rings is 1. The van der Waals surface area contributed by atoms with Crippen LogP contribution >= 0.6 is 0 Å². The topological polar surface area (TPSA) is 155 Å². The molecule has 1 N–H and O–H groups in total. The average Bonchev–Trinajstić information content (AvgIpc) is 3.10. The van der Waals surface area contributed by atoms with E-state index in [1.165, 1.54) is 16.1 Å². The lowest BCUT2D eigenvalue weighted by Gasteiger charge is -2.40. The van der Waals surface area contributed by atoms with Gasteiger partial charge >= 0.3 is 17.3 Å². The van der Waals surface area contributed by atoms with Crippen LogP contribution in [0.4, 0.5) is 15.4 Å². The molecule has 2 amide bonds. The SMILES string of the molecule is C[S+]([O-])c1nc2c(c(N3CCN(C(=O)OCc4ccccc4)[C@@H](CC#N)C3)n1)OCCN(C(=O)O)C2. The molecule has 0 bridgehead atoms. The predicted octanol–water partition coefficient (Wildman–Crippen LogP) is 1.83. The second-order valence-corrected chi connectivity index (χ2v) is 9.58. The number of carbonyl (C=O) groups is 2. The molecule has 4 rings (SSSR count). The number of aromatic nitrogens is 2. The summed E-state index contributed by atoms with van der Waals surface area (Å²) in [6.45, 7) is 1.23. The van der Waals surface area contributed by atoms with Crippen LogP contribution in [0.5, 0.6) is 5.75 Å². The monoisotopic (exact) mass is 514 g/mol. The van der Waals surface area contributed by atoms with Crippen LogP contribution in [0.25, 0.3) is 0 Å². The lowest BCUT2D eigenvalue weighted by molar-refractivity contribution is 0.0767. The zero-order chi connectivity index (χ0) is 25.7. The van der Waals surface area contributed by atoms with Crippen LogP contribution in [0, 0.1) is 11.3 Å². The fraction of sp³-hybridized carbons (Fsp3) is 0.435. The van der Waals surface area contributed by atoms with Crippen molar-refractivity contribution in [2.24, 2.45) is 0 Å². The molecule has 1 fully saturated rings. The van der Waals surface area contributed by atoms with E-state index < -0.39 is 29.4 Å². The molecule has 12 nitrogen and oxygen atoms in total. The highest BCUT2D eigenvalue weighted by molar-refractivity contribution is 7.90. The summed E-state index contributed by atoms with van der Waals surface area (Å²) in [5.74, 6) is 0.696. The van der Waals surface area contributed by atoms with Crippen LogP contribution in [0.1, 0.15) is 17.7 Å². The van der Waals surface area contributed by atoms with Crippen molar-refractivity contribution in [2.75, 3.05) is 43.9 Å². The summed E-state index contributed by atoms with van der Waals surface area (Å²) in [5, 5.41) is 18.9. The van der Waals surface area contributed by atoms with Gasteiger partial charge in [0, 0.05) is 30.8 Å². The number of nitrogens with zero attached hydrogens (tertiary/aromatic N) is 6. The third kappa shape index (κ3) is 5.72. The molecule has 2 aromatic rings. The van der Waals surface area contributed by atoms with Crippen molar-refractivity contribution in [1.29, 1.82) is 5.26 Å². The molecule has 190 valence electrons. The van der Waals surface area contributed by atoms with Crippen molar-refractivity contribution in [3.63, 3.8) is 0 Å². The van der Waals surface area contributed by atoms with Crippen molar-refractivity contribution in [3.8, 4) is 11.8 Å². The number of fused-ring (bicyclic) bond motifs is 1. The molecule has 2 aliphatic rings. The van der Waals surface area contributed by atoms with Crippen molar-refractivity contribution < 1.29 is 28.7 Å². The van der Waals surface area contributed by atoms with Gasteiger partial charge in [-0.2, -0.15) is 15.2 Å². The summed E-state index contributed by atoms with van der Waals surface area (Å²) in [7, 11) is 0. The molecule has 2 atom stereocenters. The van der Waals surface area contributed by atoms with Gasteiger partial charge in [0.05, 0.1) is 31.6 Å². The van der Waals surface area contributed by atoms with E-state index in [1.807, 2.05) is 35.2 Å². The molecule has 0 radical (unpaired) electrons. The number of hydrogen-bond acceptors (Lipinski definition) is 9. The molecule has 3 heterocycles. The normalized spacial score (nSPS) is 18.4. The molecule has 0 aliphatic carbocycles. The Hall–Kier alpha value is -3.76. The quantitative estimate of drug-likeness (QED) is 0.461. The van der Waals surface area contributed by atoms with Gasteiger partial charge in [0.15, 0.2) is 11.6 Å². The Morgan fingerprint density at radius 1 is 1.28 bits per heavy atom. The Bertz CT molecular complexity index is 1140. The van der Waals surface area contributed by atoms with E-state index in [1.54, 1.807) is 0 Å². The smallest absolute Gasteiger partial charge is 0.410 e. The van der Waals surface area contributed by atoms with Crippen molar-refractivity contribution in [1.82, 2.24) is 19.8 Å². The van der Waals surface area contributed by atoms with E-state index >= 15 is 0 Å². The molecule has 13 heteroatoms. The van der Waals surface area contributed by atoms with Gasteiger partial charge in [-0.05, 0) is 5.56 Å². The summed E-state index contributed by atoms with van der Waals surface area (Å²) in [4.78, 5) is 37.7. The summed E-state index contributed by atoms with van der Waals surface area (Å²) in [6, 6.07) is 11.0. The first-order valence-corrected chi connectivity index (χ1v) is 12.9. The lowest BCUT2D eigenvalue weighted by atomic mass is 10.1. The number of hydrogen-bond donors (Lipinski definition) is 1. The largest absolute Gasteiger partial charge is 0.609 e. The van der Waals surface area contributed by atoms with Crippen LogP contribution in [-0.4, -0.2) is 86.7 Å². The van der Waals surface area contributed by atoms with E-state index in [0.29, 0.717) is 23.8 Å². The Labute approximate surface area is 211 Å². The Kier molecular flexibility index (Phi) is 7.97. The molecule has 1 aromatic heterocycles. The third-order valence-electron chi connectivity index (χ3n) is 5.92. The number of amides is 2. The van der Waals surface area contributed by atoms with E-state index in [-0.39, 0.29) is 51.0 Å². The van der Waals surface area contributed by atoms with Crippen LogP contribution in [0.3, 0.4) is 0 Å². The molecule has 1 unspecified atom stereocenters. The van der Waals surface area contributed by atoms with Gasteiger partial charge in [-0.3, -0.25) is 4.90 Å². The predicted molar refractivity (Wildman–Crippen MR) is 128 cm³/mol. The first-order chi connectivity index (χ1) is 17.4. The van der Waals surface area contributed by atoms with E-state index in [4.69, 9.17) is 9.47 Å². The van der Waals surface area contributed by atoms with Gasteiger partial charge in [-0.25, -0.2) is 9.59 Å². The number of carbonyl (C=O) groups excluding carboxylic acids is 1. The summed E-state index contributed by atoms with van der Waals surface area (Å²) in [5.41, 5.74) is 1.18. The fourth-order valence-corrected chi connectivity index (χ4v) is 4.56. The van der Waals surface area contributed by atoms with Gasteiger partial charge in [0.2, 0.25) is 0 Å². The zero-order valence-corrected chi connectivity index (χ0v) is 20.5. The minimum atomic E-state index is -1.52. The first-order valence-electron chi connectivity index (χ1n) is 11.3. The maximum absolute atomic E-state index is 12.8. The average molecular weight is 515 g/mol. The highest BCUT2D eigenvalue weighted by Gasteiger charge is 2.35. The van der Waals surface area contributed by atoms with Crippen LogP contribution in [0.15, 0.2) is 35.5 Å². The highest BCUT2D eigenvalue weighted by Crippen LogP contribution is 2.34. The first kappa shape index (κ1) is 25.3. The lowest BCUT2D eigenvalue weighted by Crippen LogP contribution is -2.55. The molecule has 0 spiro atoms. The number of piperazine rings is 1. The Balaban J connectivity index is 1.56. The van der Waals surface area contributed by atoms with Gasteiger partial charge in [0.1, 0.15) is 25.2 Å². The molecular weight excluding hydrogens is 488 g/mol. The molecule has 0 saturated carbocycles. The standard InChI is InChI=1S/C23H26N6O6S/c1-36(33)21-25-18-14-28(22(30)31)11-12-34-19(18)20(26-21)27-9-10-29(17(13-27)7-8-24)23(32)35-15-16-5-3-2-4-6-16/h2-6,17H,7,9-15H2,1H3,(H,30,31)/t17-,36?/m0/s1. The number of rotatable bonds is 5. The maximum Gasteiger partial charge on any atom is 0.410 e. The van der Waals surface area contributed by atoms with Crippen molar-refractivity contribution in [2.45, 2.75) is 30.8 Å². The Morgan fingerprint density at radius 3 is 2.75 bits per heavy atom. The van der Waals surface area contributed by atoms with Gasteiger partial charge in [-0.1, -0.05) is 30.3 Å². The Morgan fingerprint density at radius 2 is 2.06 bits per heavy atom. The van der Waals surface area contributed by atoms with Gasteiger partial charge in [0.25, 0.3) is 0 Å². The van der Waals surface area contributed by atoms with E-state index in [0.717, 1.165) is 5.56 Å².